The Morgan fingerprint density at radius 3 is 2.84 bits per heavy atom. The highest BCUT2D eigenvalue weighted by molar-refractivity contribution is 5.48. The van der Waals surface area contributed by atoms with Crippen molar-refractivity contribution in [1.82, 2.24) is 4.90 Å². The zero-order valence-corrected chi connectivity index (χ0v) is 11.6. The fraction of sp³-hybridized carbons (Fsp3) is 0.438. The van der Waals surface area contributed by atoms with E-state index in [1.807, 2.05) is 31.4 Å². The van der Waals surface area contributed by atoms with Gasteiger partial charge in [-0.25, -0.2) is 0 Å². The highest BCUT2D eigenvalue weighted by Crippen LogP contribution is 2.49. The minimum absolute atomic E-state index is 0.0153. The van der Waals surface area contributed by atoms with Crippen LogP contribution in [0.25, 0.3) is 0 Å². The van der Waals surface area contributed by atoms with E-state index in [-0.39, 0.29) is 11.5 Å². The van der Waals surface area contributed by atoms with Crippen LogP contribution in [0.5, 0.6) is 5.75 Å². The van der Waals surface area contributed by atoms with Gasteiger partial charge in [0.2, 0.25) is 0 Å². The molecule has 0 spiro atoms. The number of ether oxygens (including phenoxy) is 1. The van der Waals surface area contributed by atoms with Crippen molar-refractivity contribution in [3.05, 3.63) is 41.6 Å². The van der Waals surface area contributed by atoms with Crippen molar-refractivity contribution in [3.63, 3.8) is 0 Å². The second-order valence-electron chi connectivity index (χ2n) is 5.89. The summed E-state index contributed by atoms with van der Waals surface area (Å²) in [6.45, 7) is 5.09. The number of nitriles is 1. The molecular formula is C16H18N2O. The average molecular weight is 254 g/mol. The molecule has 2 atom stereocenters. The van der Waals surface area contributed by atoms with E-state index >= 15 is 0 Å². The quantitative estimate of drug-likeness (QED) is 0.714. The summed E-state index contributed by atoms with van der Waals surface area (Å²) in [7, 11) is 2.04. The third-order valence-electron chi connectivity index (χ3n) is 4.69. The molecule has 3 rings (SSSR count). The van der Waals surface area contributed by atoms with Gasteiger partial charge in [-0.15, -0.1) is 0 Å². The molecule has 0 fully saturated rings. The Morgan fingerprint density at radius 2 is 2.11 bits per heavy atom. The summed E-state index contributed by atoms with van der Waals surface area (Å²) in [5, 5.41) is 9.46. The summed E-state index contributed by atoms with van der Waals surface area (Å²) in [5.41, 5.74) is 1.97. The van der Waals surface area contributed by atoms with Gasteiger partial charge in [0.1, 0.15) is 5.75 Å². The summed E-state index contributed by atoms with van der Waals surface area (Å²) < 4.78 is 5.91. The average Bonchev–Trinajstić information content (AvgIpc) is 2.42. The van der Waals surface area contributed by atoms with Crippen molar-refractivity contribution in [2.75, 3.05) is 13.7 Å². The molecule has 2 aliphatic rings. The largest absolute Gasteiger partial charge is 0.493 e. The zero-order valence-electron chi connectivity index (χ0n) is 11.6. The second kappa shape index (κ2) is 4.03. The van der Waals surface area contributed by atoms with Crippen LogP contribution < -0.4 is 4.74 Å². The van der Waals surface area contributed by atoms with Crippen molar-refractivity contribution >= 4 is 0 Å². The predicted octanol–water partition coefficient (Wildman–Crippen LogP) is 2.91. The summed E-state index contributed by atoms with van der Waals surface area (Å²) in [4.78, 5) is 2.14. The highest BCUT2D eigenvalue weighted by Gasteiger charge is 2.47. The molecule has 0 aliphatic carbocycles. The molecule has 0 N–H and O–H groups in total. The molecular weight excluding hydrogens is 236 g/mol. The lowest BCUT2D eigenvalue weighted by molar-refractivity contribution is 0.0534. The molecule has 19 heavy (non-hydrogen) atoms. The van der Waals surface area contributed by atoms with Gasteiger partial charge < -0.3 is 9.64 Å². The van der Waals surface area contributed by atoms with Crippen molar-refractivity contribution in [2.24, 2.45) is 5.92 Å². The standard InChI is InChI=1S/C16H18N2O/c1-16(2)13-10-19-14-7-5-4-6-12(14)15(13)11(8-17)9-18(16)3/h4-7,9,13,15H,10H2,1-3H3/t13-,15+/m1/s1. The normalized spacial score (nSPS) is 27.5. The third-order valence-corrected chi connectivity index (χ3v) is 4.69. The van der Waals surface area contributed by atoms with Crippen LogP contribution in [0.15, 0.2) is 36.0 Å². The van der Waals surface area contributed by atoms with E-state index in [0.717, 1.165) is 16.9 Å². The summed E-state index contributed by atoms with van der Waals surface area (Å²) in [5.74, 6) is 1.37. The van der Waals surface area contributed by atoms with Crippen LogP contribution in [0, 0.1) is 17.2 Å². The Morgan fingerprint density at radius 1 is 1.37 bits per heavy atom. The van der Waals surface area contributed by atoms with Crippen molar-refractivity contribution in [2.45, 2.75) is 25.3 Å². The predicted molar refractivity (Wildman–Crippen MR) is 73.7 cm³/mol. The van der Waals surface area contributed by atoms with Crippen LogP contribution in [0.2, 0.25) is 0 Å². The van der Waals surface area contributed by atoms with E-state index in [9.17, 15) is 5.26 Å². The topological polar surface area (TPSA) is 36.3 Å². The van der Waals surface area contributed by atoms with E-state index in [2.05, 4.69) is 30.9 Å². The summed E-state index contributed by atoms with van der Waals surface area (Å²) in [6.07, 6.45) is 1.99. The van der Waals surface area contributed by atoms with Crippen molar-refractivity contribution < 1.29 is 4.74 Å². The molecule has 98 valence electrons. The third kappa shape index (κ3) is 1.63. The van der Waals surface area contributed by atoms with Gasteiger partial charge in [0.05, 0.1) is 18.2 Å². The number of hydrogen-bond acceptors (Lipinski definition) is 3. The van der Waals surface area contributed by atoms with Gasteiger partial charge in [-0.1, -0.05) is 18.2 Å². The lowest BCUT2D eigenvalue weighted by Crippen LogP contribution is -2.53. The van der Waals surface area contributed by atoms with Crippen molar-refractivity contribution in [3.8, 4) is 11.8 Å². The first kappa shape index (κ1) is 12.1. The maximum Gasteiger partial charge on any atom is 0.123 e. The van der Waals surface area contributed by atoms with E-state index < -0.39 is 0 Å². The van der Waals surface area contributed by atoms with Gasteiger partial charge >= 0.3 is 0 Å². The first-order valence-corrected chi connectivity index (χ1v) is 6.62. The molecule has 0 amide bonds. The lowest BCUT2D eigenvalue weighted by atomic mass is 9.68. The maximum absolute atomic E-state index is 9.46. The van der Waals surface area contributed by atoms with E-state index in [1.165, 1.54) is 0 Å². The maximum atomic E-state index is 9.46. The number of rotatable bonds is 0. The Hall–Kier alpha value is -1.95. The highest BCUT2D eigenvalue weighted by atomic mass is 16.5. The number of nitrogens with zero attached hydrogens (tertiary/aromatic N) is 2. The van der Waals surface area contributed by atoms with Crippen molar-refractivity contribution in [1.29, 1.82) is 5.26 Å². The van der Waals surface area contributed by atoms with Gasteiger partial charge in [0.25, 0.3) is 0 Å². The molecule has 3 nitrogen and oxygen atoms in total. The monoisotopic (exact) mass is 254 g/mol. The van der Waals surface area contributed by atoms with Gasteiger partial charge in [-0.3, -0.25) is 0 Å². The lowest BCUT2D eigenvalue weighted by Gasteiger charge is -2.50. The van der Waals surface area contributed by atoms with E-state index in [4.69, 9.17) is 4.74 Å². The molecule has 0 saturated carbocycles. The molecule has 2 aliphatic heterocycles. The first-order valence-electron chi connectivity index (χ1n) is 6.62. The van der Waals surface area contributed by atoms with Gasteiger partial charge in [-0.2, -0.15) is 5.26 Å². The second-order valence-corrected chi connectivity index (χ2v) is 5.89. The Balaban J connectivity index is 2.18. The molecule has 0 aromatic heterocycles. The fourth-order valence-corrected chi connectivity index (χ4v) is 3.17. The number of allylic oxidation sites excluding steroid dienone is 1. The molecule has 0 saturated heterocycles. The van der Waals surface area contributed by atoms with Crippen LogP contribution in [0.3, 0.4) is 0 Å². The van der Waals surface area contributed by atoms with E-state index in [0.29, 0.717) is 12.5 Å². The Labute approximate surface area is 114 Å². The van der Waals surface area contributed by atoms with Gasteiger partial charge in [0.15, 0.2) is 0 Å². The number of fused-ring (bicyclic) bond motifs is 3. The van der Waals surface area contributed by atoms with E-state index in [1.54, 1.807) is 0 Å². The molecule has 2 heterocycles. The SMILES string of the molecule is CN1C=C(C#N)[C@H]2c3ccccc3OC[C@H]2C1(C)C. The van der Waals surface area contributed by atoms with Crippen LogP contribution in [0.1, 0.15) is 25.3 Å². The fourth-order valence-electron chi connectivity index (χ4n) is 3.17. The number of hydrogen-bond donors (Lipinski definition) is 0. The van der Waals surface area contributed by atoms with Gasteiger partial charge in [0, 0.05) is 36.2 Å². The zero-order chi connectivity index (χ0) is 13.6. The number of para-hydroxylation sites is 1. The smallest absolute Gasteiger partial charge is 0.123 e. The van der Waals surface area contributed by atoms with Crippen LogP contribution in [-0.4, -0.2) is 24.1 Å². The van der Waals surface area contributed by atoms with Crippen LogP contribution in [0.4, 0.5) is 0 Å². The molecule has 1 aromatic rings. The van der Waals surface area contributed by atoms with Crippen LogP contribution >= 0.6 is 0 Å². The number of benzene rings is 1. The Kier molecular flexibility index (Phi) is 2.56. The molecule has 0 bridgehead atoms. The summed E-state index contributed by atoms with van der Waals surface area (Å²) >= 11 is 0. The minimum atomic E-state index is -0.0153. The first-order chi connectivity index (χ1) is 9.05. The minimum Gasteiger partial charge on any atom is -0.493 e. The summed E-state index contributed by atoms with van der Waals surface area (Å²) in [6, 6.07) is 10.5. The molecule has 0 unspecified atom stereocenters. The molecule has 0 radical (unpaired) electrons. The van der Waals surface area contributed by atoms with Gasteiger partial charge in [-0.05, 0) is 19.9 Å². The Bertz CT molecular complexity index is 583. The molecule has 1 aromatic carbocycles. The molecule has 3 heteroatoms. The van der Waals surface area contributed by atoms with Crippen LogP contribution in [-0.2, 0) is 0 Å².